The number of benzene rings is 4. The summed E-state index contributed by atoms with van der Waals surface area (Å²) >= 11 is 0. The number of anilines is 2. The Bertz CT molecular complexity index is 2620. The highest BCUT2D eigenvalue weighted by Gasteiger charge is 2.30. The summed E-state index contributed by atoms with van der Waals surface area (Å²) in [5.41, 5.74) is 4.17. The van der Waals surface area contributed by atoms with Crippen LogP contribution in [0.15, 0.2) is 125 Å². The molecule has 0 radical (unpaired) electrons. The number of furan rings is 1. The van der Waals surface area contributed by atoms with Gasteiger partial charge in [-0.15, -0.1) is 0 Å². The van der Waals surface area contributed by atoms with Crippen LogP contribution in [0.3, 0.4) is 0 Å². The molecule has 0 bridgehead atoms. The first-order valence-electron chi connectivity index (χ1n) is 16.6. The zero-order valence-electron chi connectivity index (χ0n) is 28.0. The molecule has 0 atom stereocenters. The predicted molar refractivity (Wildman–Crippen MR) is 192 cm³/mol. The number of nitrogens with zero attached hydrogens (tertiary/aromatic N) is 5. The number of carbonyl (C=O) groups excluding carboxylic acids is 2. The number of para-hydroxylation sites is 1. The molecule has 0 fully saturated rings. The van der Waals surface area contributed by atoms with Crippen molar-refractivity contribution in [1.29, 1.82) is 0 Å². The number of carbonyl (C=O) groups is 2. The van der Waals surface area contributed by atoms with Crippen LogP contribution < -0.4 is 10.6 Å². The van der Waals surface area contributed by atoms with Crippen molar-refractivity contribution in [2.75, 3.05) is 10.6 Å². The summed E-state index contributed by atoms with van der Waals surface area (Å²) in [6.45, 7) is 0.434. The van der Waals surface area contributed by atoms with Gasteiger partial charge in [0.15, 0.2) is 11.6 Å². The van der Waals surface area contributed by atoms with Gasteiger partial charge in [0.2, 0.25) is 5.76 Å². The highest BCUT2D eigenvalue weighted by atomic mass is 19.4. The molecule has 2 amide bonds. The van der Waals surface area contributed by atoms with E-state index in [1.807, 2.05) is 30.3 Å². The van der Waals surface area contributed by atoms with Crippen molar-refractivity contribution in [2.45, 2.75) is 25.9 Å². The number of alkyl halides is 3. The van der Waals surface area contributed by atoms with E-state index >= 15 is 0 Å². The Morgan fingerprint density at radius 1 is 0.722 bits per heavy atom. The third-order valence-electron chi connectivity index (χ3n) is 8.84. The molecule has 4 aromatic heterocycles. The first-order chi connectivity index (χ1) is 26.1. The number of aromatic nitrogens is 5. The normalized spacial score (nSPS) is 11.7. The fourth-order valence-electron chi connectivity index (χ4n) is 6.04. The summed E-state index contributed by atoms with van der Waals surface area (Å²) in [7, 11) is 0. The second-order valence-electron chi connectivity index (χ2n) is 12.4. The van der Waals surface area contributed by atoms with Gasteiger partial charge >= 0.3 is 6.18 Å². The largest absolute Gasteiger partial charge is 0.472 e. The molecular formula is C39H28F3N7O5. The quantitative estimate of drug-likeness (QED) is 0.129. The predicted octanol–water partition coefficient (Wildman–Crippen LogP) is 7.75. The van der Waals surface area contributed by atoms with Gasteiger partial charge in [0.25, 0.3) is 11.8 Å². The molecule has 8 aromatic rings. The lowest BCUT2D eigenvalue weighted by Gasteiger charge is -2.08. The molecule has 0 aliphatic heterocycles. The molecule has 3 N–H and O–H groups in total. The third kappa shape index (κ3) is 6.82. The molecule has 0 spiro atoms. The van der Waals surface area contributed by atoms with E-state index < -0.39 is 23.6 Å². The van der Waals surface area contributed by atoms with Gasteiger partial charge in [-0.25, -0.2) is 0 Å². The van der Waals surface area contributed by atoms with Crippen molar-refractivity contribution < 1.29 is 36.8 Å². The number of nitrogens with one attached hydrogen (secondary N) is 2. The SMILES string of the molecule is O=C(Nc1nn(Cc2ccc(CO)cc2)c2cc(-c3cc(C(=O)Nc4nn(Cc5ccc(C(F)(F)F)cc5)c5ccccc45)on3)ccc12)c1ccoc1. The van der Waals surface area contributed by atoms with Crippen molar-refractivity contribution in [1.82, 2.24) is 24.7 Å². The monoisotopic (exact) mass is 731 g/mol. The van der Waals surface area contributed by atoms with E-state index in [2.05, 4.69) is 20.9 Å². The smallest absolute Gasteiger partial charge is 0.416 e. The van der Waals surface area contributed by atoms with Gasteiger partial charge in [0, 0.05) is 22.4 Å². The summed E-state index contributed by atoms with van der Waals surface area (Å²) in [6, 6.07) is 27.8. The van der Waals surface area contributed by atoms with E-state index in [9.17, 15) is 27.9 Å². The van der Waals surface area contributed by atoms with Gasteiger partial charge in [-0.1, -0.05) is 59.8 Å². The van der Waals surface area contributed by atoms with Gasteiger partial charge in [-0.05, 0) is 59.2 Å². The molecular weight excluding hydrogens is 703 g/mol. The van der Waals surface area contributed by atoms with Crippen molar-refractivity contribution in [3.8, 4) is 11.3 Å². The standard InChI is InChI=1S/C39H28F3N7O5/c40-39(41,42)28-12-9-24(10-13-28)19-48-32-4-2-1-3-29(32)35(45-48)44-38(52)34-18-31(47-54-34)26-11-14-30-33(17-26)49(20-23-5-7-25(21-50)8-6-23)46-36(30)43-37(51)27-15-16-53-22-27/h1-18,22,50H,19-21H2,(H,43,46,51)(H,44,45,52). The maximum absolute atomic E-state index is 13.4. The van der Waals surface area contributed by atoms with E-state index in [1.54, 1.807) is 51.8 Å². The molecule has 4 heterocycles. The maximum atomic E-state index is 13.4. The van der Waals surface area contributed by atoms with E-state index in [-0.39, 0.29) is 24.7 Å². The van der Waals surface area contributed by atoms with Gasteiger partial charge in [-0.2, -0.15) is 23.4 Å². The van der Waals surface area contributed by atoms with Gasteiger partial charge < -0.3 is 24.7 Å². The van der Waals surface area contributed by atoms with Crippen LogP contribution in [0.5, 0.6) is 0 Å². The fourth-order valence-corrected chi connectivity index (χ4v) is 6.04. The molecule has 15 heteroatoms. The summed E-state index contributed by atoms with van der Waals surface area (Å²) < 4.78 is 53.1. The maximum Gasteiger partial charge on any atom is 0.416 e. The van der Waals surface area contributed by atoms with Crippen LogP contribution in [0.4, 0.5) is 24.8 Å². The number of halogens is 3. The Hall–Kier alpha value is -7.00. The molecule has 0 unspecified atom stereocenters. The summed E-state index contributed by atoms with van der Waals surface area (Å²) in [5.74, 6) is -0.517. The Morgan fingerprint density at radius 3 is 2.02 bits per heavy atom. The first kappa shape index (κ1) is 34.1. The summed E-state index contributed by atoms with van der Waals surface area (Å²) in [4.78, 5) is 26.3. The molecule has 4 aromatic carbocycles. The van der Waals surface area contributed by atoms with E-state index in [4.69, 9.17) is 14.0 Å². The molecule has 8 rings (SSSR count). The molecule has 0 saturated carbocycles. The van der Waals surface area contributed by atoms with Crippen LogP contribution >= 0.6 is 0 Å². The third-order valence-corrected chi connectivity index (χ3v) is 8.84. The van der Waals surface area contributed by atoms with Crippen LogP contribution in [-0.2, 0) is 25.9 Å². The Morgan fingerprint density at radius 2 is 1.35 bits per heavy atom. The van der Waals surface area contributed by atoms with Crippen molar-refractivity contribution in [3.63, 3.8) is 0 Å². The van der Waals surface area contributed by atoms with Gasteiger partial charge in [-0.3, -0.25) is 19.0 Å². The van der Waals surface area contributed by atoms with Crippen LogP contribution in [0.2, 0.25) is 0 Å². The minimum atomic E-state index is -4.44. The summed E-state index contributed by atoms with van der Waals surface area (Å²) in [5, 5.41) is 29.8. The minimum absolute atomic E-state index is 0.0814. The number of hydrogen-bond acceptors (Lipinski definition) is 8. The fraction of sp³-hybridized carbons (Fsp3) is 0.103. The highest BCUT2D eigenvalue weighted by Crippen LogP contribution is 2.32. The molecule has 0 saturated heterocycles. The van der Waals surface area contributed by atoms with E-state index in [0.29, 0.717) is 56.6 Å². The number of rotatable bonds is 10. The molecule has 12 nitrogen and oxygen atoms in total. The topological polar surface area (TPSA) is 153 Å². The lowest BCUT2D eigenvalue weighted by molar-refractivity contribution is -0.137. The Labute approximate surface area is 303 Å². The molecule has 0 aliphatic rings. The number of aliphatic hydroxyl groups is 1. The number of amides is 2. The number of fused-ring (bicyclic) bond motifs is 2. The highest BCUT2D eigenvalue weighted by molar-refractivity contribution is 6.09. The van der Waals surface area contributed by atoms with Crippen molar-refractivity contribution in [3.05, 3.63) is 149 Å². The van der Waals surface area contributed by atoms with Crippen molar-refractivity contribution in [2.24, 2.45) is 0 Å². The number of aliphatic hydroxyl groups excluding tert-OH is 1. The molecule has 270 valence electrons. The van der Waals surface area contributed by atoms with Gasteiger partial charge in [0.05, 0.1) is 48.1 Å². The van der Waals surface area contributed by atoms with E-state index in [1.165, 1.54) is 30.7 Å². The van der Waals surface area contributed by atoms with E-state index in [0.717, 1.165) is 23.3 Å². The second kappa shape index (κ2) is 13.9. The van der Waals surface area contributed by atoms with Crippen LogP contribution in [0, 0.1) is 0 Å². The lowest BCUT2D eigenvalue weighted by Crippen LogP contribution is -2.12. The van der Waals surface area contributed by atoms with Crippen molar-refractivity contribution >= 4 is 45.3 Å². The Kier molecular flexibility index (Phi) is 8.75. The lowest BCUT2D eigenvalue weighted by atomic mass is 10.1. The second-order valence-corrected chi connectivity index (χ2v) is 12.4. The van der Waals surface area contributed by atoms with Gasteiger partial charge in [0.1, 0.15) is 12.0 Å². The van der Waals surface area contributed by atoms with Crippen LogP contribution in [0.25, 0.3) is 33.1 Å². The zero-order chi connectivity index (χ0) is 37.4. The first-order valence-corrected chi connectivity index (χ1v) is 16.6. The summed E-state index contributed by atoms with van der Waals surface area (Å²) in [6.07, 6.45) is -1.70. The number of hydrogen-bond donors (Lipinski definition) is 3. The minimum Gasteiger partial charge on any atom is -0.472 e. The molecule has 0 aliphatic carbocycles. The van der Waals surface area contributed by atoms with Crippen LogP contribution in [-0.4, -0.2) is 41.6 Å². The average molecular weight is 732 g/mol. The zero-order valence-corrected chi connectivity index (χ0v) is 28.0. The Balaban J connectivity index is 1.06. The average Bonchev–Trinajstić information content (AvgIpc) is 4.00. The van der Waals surface area contributed by atoms with Crippen LogP contribution in [0.1, 0.15) is 43.2 Å². The molecule has 54 heavy (non-hydrogen) atoms.